The molecule has 0 saturated carbocycles. The van der Waals surface area contributed by atoms with E-state index in [-0.39, 0.29) is 19.4 Å². The fraction of sp³-hybridized carbons (Fsp3) is 0.870. The Hall–Kier alpha value is -1.52. The van der Waals surface area contributed by atoms with Crippen molar-refractivity contribution < 1.29 is 47.5 Å². The Labute approximate surface area is 208 Å². The van der Waals surface area contributed by atoms with Crippen LogP contribution in [0.4, 0.5) is 0 Å². The summed E-state index contributed by atoms with van der Waals surface area (Å²) in [6, 6.07) is -1.51. The number of nitrogens with two attached hydrogens (primary N) is 1. The van der Waals surface area contributed by atoms with Crippen LogP contribution in [0.3, 0.4) is 0 Å². The Morgan fingerprint density at radius 2 is 1.26 bits per heavy atom. The van der Waals surface area contributed by atoms with Gasteiger partial charge in [0.25, 0.3) is 0 Å². The van der Waals surface area contributed by atoms with Gasteiger partial charge < -0.3 is 25.2 Å². The van der Waals surface area contributed by atoms with E-state index in [9.17, 15) is 23.8 Å². The zero-order valence-corrected chi connectivity index (χ0v) is 22.0. The summed E-state index contributed by atoms with van der Waals surface area (Å²) in [5.41, 5.74) is 5.24. The number of carboxylic acids is 1. The first kappa shape index (κ1) is 33.5. The molecule has 0 aromatic rings. The van der Waals surface area contributed by atoms with Gasteiger partial charge in [0.2, 0.25) is 0 Å². The predicted octanol–water partition coefficient (Wildman–Crippen LogP) is 4.10. The molecule has 11 nitrogen and oxygen atoms in total. The zero-order valence-electron chi connectivity index (χ0n) is 21.2. The monoisotopic (exact) mass is 525 g/mol. The molecule has 0 fully saturated rings. The summed E-state index contributed by atoms with van der Waals surface area (Å²) >= 11 is 0. The Morgan fingerprint density at radius 1 is 0.771 bits per heavy atom. The highest BCUT2D eigenvalue weighted by Crippen LogP contribution is 2.43. The first-order chi connectivity index (χ1) is 16.6. The average molecular weight is 526 g/mol. The molecule has 0 spiro atoms. The van der Waals surface area contributed by atoms with E-state index in [1.165, 1.54) is 0 Å². The van der Waals surface area contributed by atoms with E-state index in [1.54, 1.807) is 0 Å². The first-order valence-electron chi connectivity index (χ1n) is 12.6. The molecule has 12 heteroatoms. The molecule has 0 saturated heterocycles. The highest BCUT2D eigenvalue weighted by molar-refractivity contribution is 7.47. The van der Waals surface area contributed by atoms with Crippen molar-refractivity contribution in [3.63, 3.8) is 0 Å². The normalized spacial score (nSPS) is 14.6. The number of carbonyl (C=O) groups is 3. The molecule has 0 aliphatic heterocycles. The van der Waals surface area contributed by atoms with E-state index in [0.717, 1.165) is 57.8 Å². The molecule has 0 aliphatic carbocycles. The average Bonchev–Trinajstić information content (AvgIpc) is 2.81. The molecule has 0 radical (unpaired) electrons. The summed E-state index contributed by atoms with van der Waals surface area (Å²) in [4.78, 5) is 44.7. The van der Waals surface area contributed by atoms with Crippen molar-refractivity contribution in [2.75, 3.05) is 19.8 Å². The molecule has 0 rings (SSSR count). The van der Waals surface area contributed by atoms with Crippen molar-refractivity contribution in [1.82, 2.24) is 0 Å². The van der Waals surface area contributed by atoms with Gasteiger partial charge in [0, 0.05) is 12.8 Å². The molecule has 4 N–H and O–H groups in total. The SMILES string of the molecule is CCCCCCCCC(=O)OC(COC(=O)CCCCCCC)COP(=O)(O)OCC(N)C(=O)O. The van der Waals surface area contributed by atoms with Crippen LogP contribution in [0.5, 0.6) is 0 Å². The van der Waals surface area contributed by atoms with Gasteiger partial charge in [0.15, 0.2) is 6.10 Å². The molecular formula is C23H44NO10P. The van der Waals surface area contributed by atoms with Crippen LogP contribution in [0.2, 0.25) is 0 Å². The van der Waals surface area contributed by atoms with Crippen LogP contribution in [0, 0.1) is 0 Å². The van der Waals surface area contributed by atoms with Gasteiger partial charge in [-0.3, -0.25) is 23.4 Å². The Bertz CT molecular complexity index is 646. The second-order valence-electron chi connectivity index (χ2n) is 8.48. The van der Waals surface area contributed by atoms with Gasteiger partial charge in [-0.15, -0.1) is 0 Å². The Balaban J connectivity index is 4.66. The second-order valence-corrected chi connectivity index (χ2v) is 9.94. The number of carbonyl (C=O) groups excluding carboxylic acids is 2. The number of aliphatic carboxylic acids is 1. The molecule has 0 aromatic heterocycles. The fourth-order valence-corrected chi connectivity index (χ4v) is 3.78. The lowest BCUT2D eigenvalue weighted by atomic mass is 10.1. The zero-order chi connectivity index (χ0) is 26.5. The molecule has 0 aliphatic rings. The van der Waals surface area contributed by atoms with Crippen LogP contribution in [-0.4, -0.2) is 59.9 Å². The van der Waals surface area contributed by atoms with Crippen LogP contribution in [0.25, 0.3) is 0 Å². The van der Waals surface area contributed by atoms with E-state index < -0.39 is 51.1 Å². The lowest BCUT2D eigenvalue weighted by molar-refractivity contribution is -0.161. The molecule has 0 aromatic carbocycles. The minimum absolute atomic E-state index is 0.161. The van der Waals surface area contributed by atoms with Gasteiger partial charge in [-0.2, -0.15) is 0 Å². The summed E-state index contributed by atoms with van der Waals surface area (Å²) in [6.45, 7) is 2.54. The minimum atomic E-state index is -4.67. The van der Waals surface area contributed by atoms with E-state index in [0.29, 0.717) is 12.8 Å². The third kappa shape index (κ3) is 20.4. The van der Waals surface area contributed by atoms with Crippen LogP contribution in [-0.2, 0) is 37.5 Å². The van der Waals surface area contributed by atoms with Crippen LogP contribution < -0.4 is 5.73 Å². The third-order valence-corrected chi connectivity index (χ3v) is 6.06. The molecule has 0 amide bonds. The largest absolute Gasteiger partial charge is 0.480 e. The van der Waals surface area contributed by atoms with Crippen LogP contribution in [0.15, 0.2) is 0 Å². The summed E-state index contributed by atoms with van der Waals surface area (Å²) in [6.07, 6.45) is 10.0. The maximum atomic E-state index is 12.2. The van der Waals surface area contributed by atoms with Crippen molar-refractivity contribution in [3.8, 4) is 0 Å². The first-order valence-corrected chi connectivity index (χ1v) is 14.1. The molecule has 3 unspecified atom stereocenters. The van der Waals surface area contributed by atoms with E-state index in [4.69, 9.17) is 24.8 Å². The number of esters is 2. The highest BCUT2D eigenvalue weighted by atomic mass is 31.2. The van der Waals surface area contributed by atoms with Gasteiger partial charge in [-0.25, -0.2) is 4.57 Å². The van der Waals surface area contributed by atoms with Gasteiger partial charge >= 0.3 is 25.7 Å². The summed E-state index contributed by atoms with van der Waals surface area (Å²) < 4.78 is 31.9. The highest BCUT2D eigenvalue weighted by Gasteiger charge is 2.28. The number of unbranched alkanes of at least 4 members (excludes halogenated alkanes) is 9. The third-order valence-electron chi connectivity index (χ3n) is 5.11. The molecule has 35 heavy (non-hydrogen) atoms. The molecular weight excluding hydrogens is 481 g/mol. The van der Waals surface area contributed by atoms with Gasteiger partial charge in [-0.1, -0.05) is 71.6 Å². The van der Waals surface area contributed by atoms with Crippen LogP contribution in [0.1, 0.15) is 97.3 Å². The Morgan fingerprint density at radius 3 is 1.80 bits per heavy atom. The molecule has 206 valence electrons. The number of rotatable bonds is 23. The number of phosphoric acid groups is 1. The van der Waals surface area contributed by atoms with E-state index >= 15 is 0 Å². The number of phosphoric ester groups is 1. The van der Waals surface area contributed by atoms with Crippen molar-refractivity contribution in [2.24, 2.45) is 5.73 Å². The summed E-state index contributed by atoms with van der Waals surface area (Å²) in [7, 11) is -4.67. The number of hydrogen-bond acceptors (Lipinski definition) is 9. The smallest absolute Gasteiger partial charge is 0.472 e. The molecule has 0 heterocycles. The standard InChI is InChI=1S/C23H44NO10P/c1-3-5-7-9-11-13-15-22(26)34-19(16-31-21(25)14-12-10-8-6-4-2)17-32-35(29,30)33-18-20(24)23(27)28/h19-20H,3-18,24H2,1-2H3,(H,27,28)(H,29,30). The number of carboxylic acid groups (broad SMARTS) is 1. The van der Waals surface area contributed by atoms with E-state index in [1.807, 2.05) is 0 Å². The van der Waals surface area contributed by atoms with Crippen molar-refractivity contribution >= 4 is 25.7 Å². The lowest BCUT2D eigenvalue weighted by Gasteiger charge is -2.20. The minimum Gasteiger partial charge on any atom is -0.480 e. The lowest BCUT2D eigenvalue weighted by Crippen LogP contribution is -2.34. The number of ether oxygens (including phenoxy) is 2. The Kier molecular flexibility index (Phi) is 19.8. The quantitative estimate of drug-likeness (QED) is 0.0996. The van der Waals surface area contributed by atoms with Gasteiger partial charge in [0.1, 0.15) is 12.6 Å². The maximum absolute atomic E-state index is 12.2. The molecule has 0 bridgehead atoms. The van der Waals surface area contributed by atoms with Crippen molar-refractivity contribution in [2.45, 2.75) is 109 Å². The van der Waals surface area contributed by atoms with Gasteiger partial charge in [0.05, 0.1) is 13.2 Å². The van der Waals surface area contributed by atoms with Crippen molar-refractivity contribution in [1.29, 1.82) is 0 Å². The summed E-state index contributed by atoms with van der Waals surface area (Å²) in [5, 5.41) is 8.73. The fourth-order valence-electron chi connectivity index (χ4n) is 3.00. The van der Waals surface area contributed by atoms with Gasteiger partial charge in [-0.05, 0) is 12.8 Å². The second kappa shape index (κ2) is 20.7. The predicted molar refractivity (Wildman–Crippen MR) is 130 cm³/mol. The number of hydrogen-bond donors (Lipinski definition) is 3. The van der Waals surface area contributed by atoms with E-state index in [2.05, 4.69) is 18.4 Å². The van der Waals surface area contributed by atoms with Crippen molar-refractivity contribution in [3.05, 3.63) is 0 Å². The molecule has 3 atom stereocenters. The summed E-state index contributed by atoms with van der Waals surface area (Å²) in [5.74, 6) is -2.41. The topological polar surface area (TPSA) is 172 Å². The maximum Gasteiger partial charge on any atom is 0.472 e. The van der Waals surface area contributed by atoms with Crippen LogP contribution >= 0.6 is 7.82 Å².